The molecule has 2 heterocycles. The minimum Gasteiger partial charge on any atom is -0.367 e. The van der Waals surface area contributed by atoms with Gasteiger partial charge in [0.1, 0.15) is 23.1 Å². The van der Waals surface area contributed by atoms with E-state index in [1.807, 2.05) is 6.92 Å². The van der Waals surface area contributed by atoms with Crippen LogP contribution in [0.3, 0.4) is 0 Å². The van der Waals surface area contributed by atoms with E-state index in [0.29, 0.717) is 11.6 Å². The van der Waals surface area contributed by atoms with Gasteiger partial charge in [-0.1, -0.05) is 0 Å². The molecule has 0 aliphatic carbocycles. The van der Waals surface area contributed by atoms with E-state index in [0.717, 1.165) is 17.8 Å². The quantitative estimate of drug-likeness (QED) is 0.841. The third-order valence-corrected chi connectivity index (χ3v) is 6.54. The van der Waals surface area contributed by atoms with E-state index >= 15 is 4.39 Å². The van der Waals surface area contributed by atoms with Crippen molar-refractivity contribution in [3.05, 3.63) is 47.7 Å². The van der Waals surface area contributed by atoms with E-state index in [-0.39, 0.29) is 37.4 Å². The Morgan fingerprint density at radius 1 is 1.15 bits per heavy atom. The topological polar surface area (TPSA) is 75.2 Å². The van der Waals surface area contributed by atoms with E-state index < -0.39 is 21.5 Å². The number of nitrogens with zero attached hydrogens (tertiary/aromatic N) is 3. The number of rotatable bonds is 5. The van der Waals surface area contributed by atoms with E-state index in [9.17, 15) is 12.8 Å². The molecule has 1 aliphatic rings. The maximum atomic E-state index is 15.1. The molecule has 1 fully saturated rings. The number of benzene rings is 1. The number of aryl methyl sites for hydroxylation is 2. The van der Waals surface area contributed by atoms with Crippen LogP contribution >= 0.6 is 0 Å². The molecule has 0 unspecified atom stereocenters. The first-order valence-corrected chi connectivity index (χ1v) is 10.1. The highest BCUT2D eigenvalue weighted by molar-refractivity contribution is 7.89. The van der Waals surface area contributed by atoms with Crippen molar-refractivity contribution in [3.63, 3.8) is 0 Å². The second-order valence-corrected chi connectivity index (χ2v) is 8.74. The SMILES string of the molecule is Cc1cc(NCC2(F)CCN(S(=O)(=O)c3ccc(F)cc3)CC2)nc(C)n1. The van der Waals surface area contributed by atoms with E-state index in [2.05, 4.69) is 15.3 Å². The van der Waals surface area contributed by atoms with Crippen LogP contribution in [-0.4, -0.2) is 48.0 Å². The van der Waals surface area contributed by atoms with Crippen molar-refractivity contribution < 1.29 is 17.2 Å². The Kier molecular flexibility index (Phi) is 5.43. The minimum absolute atomic E-state index is 0.0142. The molecule has 146 valence electrons. The first kappa shape index (κ1) is 19.6. The zero-order chi connectivity index (χ0) is 19.7. The Bertz CT molecular complexity index is 891. The molecule has 1 saturated heterocycles. The second kappa shape index (κ2) is 7.47. The predicted octanol–water partition coefficient (Wildman–Crippen LogP) is 2.84. The number of aromatic nitrogens is 2. The summed E-state index contributed by atoms with van der Waals surface area (Å²) in [6.07, 6.45) is 0.146. The molecule has 0 spiro atoms. The lowest BCUT2D eigenvalue weighted by molar-refractivity contribution is 0.102. The summed E-state index contributed by atoms with van der Waals surface area (Å²) < 4.78 is 54.6. The Morgan fingerprint density at radius 3 is 2.37 bits per heavy atom. The zero-order valence-electron chi connectivity index (χ0n) is 15.2. The summed E-state index contributed by atoms with van der Waals surface area (Å²) in [5, 5.41) is 2.99. The van der Waals surface area contributed by atoms with E-state index in [4.69, 9.17) is 0 Å². The van der Waals surface area contributed by atoms with Crippen LogP contribution in [0.1, 0.15) is 24.4 Å². The summed E-state index contributed by atoms with van der Waals surface area (Å²) >= 11 is 0. The molecule has 1 N–H and O–H groups in total. The molecule has 0 saturated carbocycles. The minimum atomic E-state index is -3.75. The molecular weight excluding hydrogens is 374 g/mol. The summed E-state index contributed by atoms with van der Waals surface area (Å²) in [7, 11) is -3.75. The molecule has 1 aromatic carbocycles. The van der Waals surface area contributed by atoms with Crippen molar-refractivity contribution in [1.82, 2.24) is 14.3 Å². The van der Waals surface area contributed by atoms with Crippen molar-refractivity contribution >= 4 is 15.8 Å². The van der Waals surface area contributed by atoms with Gasteiger partial charge in [0.05, 0.1) is 11.4 Å². The van der Waals surface area contributed by atoms with Crippen LogP contribution in [-0.2, 0) is 10.0 Å². The van der Waals surface area contributed by atoms with Gasteiger partial charge < -0.3 is 5.32 Å². The van der Waals surface area contributed by atoms with Crippen LogP contribution in [0.15, 0.2) is 35.2 Å². The van der Waals surface area contributed by atoms with Crippen LogP contribution in [0.2, 0.25) is 0 Å². The fourth-order valence-corrected chi connectivity index (χ4v) is 4.56. The highest BCUT2D eigenvalue weighted by atomic mass is 32.2. The van der Waals surface area contributed by atoms with Gasteiger partial charge in [-0.2, -0.15) is 4.31 Å². The lowest BCUT2D eigenvalue weighted by Gasteiger charge is -2.35. The summed E-state index contributed by atoms with van der Waals surface area (Å²) in [4.78, 5) is 8.41. The summed E-state index contributed by atoms with van der Waals surface area (Å²) in [5.74, 6) is 0.653. The molecule has 3 rings (SSSR count). The highest BCUT2D eigenvalue weighted by Gasteiger charge is 2.38. The van der Waals surface area contributed by atoms with Crippen LogP contribution in [0, 0.1) is 19.7 Å². The average molecular weight is 396 g/mol. The molecule has 0 amide bonds. The van der Waals surface area contributed by atoms with Gasteiger partial charge in [0.25, 0.3) is 0 Å². The van der Waals surface area contributed by atoms with Crippen LogP contribution in [0.25, 0.3) is 0 Å². The number of nitrogens with one attached hydrogen (secondary N) is 1. The van der Waals surface area contributed by atoms with Gasteiger partial charge in [0, 0.05) is 24.8 Å². The average Bonchev–Trinajstić information content (AvgIpc) is 2.60. The first-order chi connectivity index (χ1) is 12.7. The van der Waals surface area contributed by atoms with Crippen LogP contribution in [0.5, 0.6) is 0 Å². The van der Waals surface area contributed by atoms with Crippen molar-refractivity contribution in [2.45, 2.75) is 37.3 Å². The molecule has 0 atom stereocenters. The molecule has 0 bridgehead atoms. The molecule has 0 radical (unpaired) electrons. The number of halogens is 2. The predicted molar refractivity (Wildman–Crippen MR) is 98.2 cm³/mol. The number of anilines is 1. The molecule has 1 aliphatic heterocycles. The van der Waals surface area contributed by atoms with E-state index in [1.165, 1.54) is 16.4 Å². The van der Waals surface area contributed by atoms with Gasteiger partial charge >= 0.3 is 0 Å². The molecule has 27 heavy (non-hydrogen) atoms. The maximum Gasteiger partial charge on any atom is 0.243 e. The third-order valence-electron chi connectivity index (χ3n) is 4.62. The highest BCUT2D eigenvalue weighted by Crippen LogP contribution is 2.30. The van der Waals surface area contributed by atoms with Gasteiger partial charge in [-0.15, -0.1) is 0 Å². The third kappa shape index (κ3) is 4.59. The van der Waals surface area contributed by atoms with Gasteiger partial charge in [0.15, 0.2) is 0 Å². The number of hydrogen-bond acceptors (Lipinski definition) is 5. The Labute approximate surface area is 157 Å². The Morgan fingerprint density at radius 2 is 1.78 bits per heavy atom. The molecular formula is C18H22F2N4O2S. The first-order valence-electron chi connectivity index (χ1n) is 8.69. The maximum absolute atomic E-state index is 15.1. The van der Waals surface area contributed by atoms with Crippen LogP contribution in [0.4, 0.5) is 14.6 Å². The molecule has 2 aromatic rings. The standard InChI is InChI=1S/C18H22F2N4O2S/c1-13-11-17(23-14(2)22-13)21-12-18(20)7-9-24(10-8-18)27(25,26)16-5-3-15(19)4-6-16/h3-6,11H,7-10,12H2,1-2H3,(H,21,22,23). The number of piperidine rings is 1. The monoisotopic (exact) mass is 396 g/mol. The van der Waals surface area contributed by atoms with Crippen molar-refractivity contribution in [2.75, 3.05) is 25.0 Å². The largest absolute Gasteiger partial charge is 0.367 e. The van der Waals surface area contributed by atoms with Crippen molar-refractivity contribution in [3.8, 4) is 0 Å². The van der Waals surface area contributed by atoms with Gasteiger partial charge in [0.2, 0.25) is 10.0 Å². The van der Waals surface area contributed by atoms with Gasteiger partial charge in [-0.3, -0.25) is 0 Å². The van der Waals surface area contributed by atoms with E-state index in [1.54, 1.807) is 13.0 Å². The Hall–Kier alpha value is -2.13. The van der Waals surface area contributed by atoms with Crippen LogP contribution < -0.4 is 5.32 Å². The Balaban J connectivity index is 1.62. The number of alkyl halides is 1. The summed E-state index contributed by atoms with van der Waals surface area (Å²) in [6.45, 7) is 3.79. The summed E-state index contributed by atoms with van der Waals surface area (Å²) in [6, 6.07) is 6.40. The normalized spacial score (nSPS) is 17.6. The molecule has 1 aromatic heterocycles. The van der Waals surface area contributed by atoms with Gasteiger partial charge in [-0.05, 0) is 51.0 Å². The lowest BCUT2D eigenvalue weighted by atomic mass is 9.94. The fourth-order valence-electron chi connectivity index (χ4n) is 3.12. The molecule has 6 nitrogen and oxygen atoms in total. The number of sulfonamides is 1. The van der Waals surface area contributed by atoms with Crippen molar-refractivity contribution in [2.24, 2.45) is 0 Å². The fraction of sp³-hybridized carbons (Fsp3) is 0.444. The lowest BCUT2D eigenvalue weighted by Crippen LogP contribution is -2.47. The smallest absolute Gasteiger partial charge is 0.243 e. The molecule has 9 heteroatoms. The van der Waals surface area contributed by atoms with Gasteiger partial charge in [-0.25, -0.2) is 27.2 Å². The zero-order valence-corrected chi connectivity index (χ0v) is 16.1. The number of hydrogen-bond donors (Lipinski definition) is 1. The summed E-state index contributed by atoms with van der Waals surface area (Å²) in [5.41, 5.74) is -0.736. The second-order valence-electron chi connectivity index (χ2n) is 6.80. The van der Waals surface area contributed by atoms with Crippen molar-refractivity contribution in [1.29, 1.82) is 0 Å².